The molecule has 106 valence electrons. The van der Waals surface area contributed by atoms with Crippen LogP contribution in [-0.4, -0.2) is 29.7 Å². The Morgan fingerprint density at radius 3 is 2.68 bits per heavy atom. The average molecular weight is 266 g/mol. The number of nitrogens with zero attached hydrogens (tertiary/aromatic N) is 1. The maximum absolute atomic E-state index is 11.6. The molecule has 1 aromatic heterocycles. The van der Waals surface area contributed by atoms with E-state index < -0.39 is 11.4 Å². The Morgan fingerprint density at radius 2 is 2.21 bits per heavy atom. The Kier molecular flexibility index (Phi) is 5.30. The third kappa shape index (κ3) is 3.92. The van der Waals surface area contributed by atoms with E-state index in [1.165, 1.54) is 7.11 Å². The molecule has 0 spiro atoms. The zero-order valence-electron chi connectivity index (χ0n) is 11.7. The lowest BCUT2D eigenvalue weighted by Gasteiger charge is -2.29. The predicted molar refractivity (Wildman–Crippen MR) is 73.1 cm³/mol. The normalized spacial score (nSPS) is 14.2. The molecule has 0 aliphatic carbocycles. The van der Waals surface area contributed by atoms with Crippen LogP contribution in [-0.2, 0) is 11.2 Å². The van der Waals surface area contributed by atoms with E-state index in [-0.39, 0.29) is 12.5 Å². The summed E-state index contributed by atoms with van der Waals surface area (Å²) >= 11 is 0. The summed E-state index contributed by atoms with van der Waals surface area (Å²) in [4.78, 5) is 15.9. The molecule has 0 radical (unpaired) electrons. The molecule has 19 heavy (non-hydrogen) atoms. The van der Waals surface area contributed by atoms with Gasteiger partial charge in [-0.25, -0.2) is 4.98 Å². The molecule has 0 saturated carbocycles. The van der Waals surface area contributed by atoms with Crippen molar-refractivity contribution in [2.24, 2.45) is 17.1 Å². The minimum atomic E-state index is -0.965. The van der Waals surface area contributed by atoms with Gasteiger partial charge in [0.05, 0.1) is 12.5 Å². The molecular formula is C14H22N2O3. The molecule has 1 rings (SSSR count). The number of aliphatic carboxylic acids is 1. The van der Waals surface area contributed by atoms with Crippen LogP contribution in [0.5, 0.6) is 5.88 Å². The van der Waals surface area contributed by atoms with Crippen molar-refractivity contribution >= 4 is 5.97 Å². The third-order valence-electron chi connectivity index (χ3n) is 3.15. The second kappa shape index (κ2) is 6.52. The standard InChI is InChI=1S/C14H22N2O3/c1-10(2)7-14(9-15,13(17)18)8-11-5-4-6-12(16-11)19-3/h4-6,10H,7-9,15H2,1-3H3,(H,17,18). The summed E-state index contributed by atoms with van der Waals surface area (Å²) in [7, 11) is 1.54. The van der Waals surface area contributed by atoms with Gasteiger partial charge in [0.2, 0.25) is 5.88 Å². The summed E-state index contributed by atoms with van der Waals surface area (Å²) in [6.07, 6.45) is 0.839. The quantitative estimate of drug-likeness (QED) is 0.784. The lowest BCUT2D eigenvalue weighted by atomic mass is 9.76. The summed E-state index contributed by atoms with van der Waals surface area (Å²) in [5.74, 6) is -0.128. The second-order valence-electron chi connectivity index (χ2n) is 5.24. The first kappa shape index (κ1) is 15.4. The highest BCUT2D eigenvalue weighted by molar-refractivity contribution is 5.75. The monoisotopic (exact) mass is 266 g/mol. The third-order valence-corrected chi connectivity index (χ3v) is 3.15. The molecule has 1 unspecified atom stereocenters. The Hall–Kier alpha value is -1.62. The van der Waals surface area contributed by atoms with Crippen molar-refractivity contribution in [3.8, 4) is 5.88 Å². The van der Waals surface area contributed by atoms with Crippen LogP contribution < -0.4 is 10.5 Å². The Labute approximate surface area is 113 Å². The van der Waals surface area contributed by atoms with E-state index in [4.69, 9.17) is 10.5 Å². The topological polar surface area (TPSA) is 85.4 Å². The molecule has 0 amide bonds. The van der Waals surface area contributed by atoms with E-state index in [0.717, 1.165) is 0 Å². The summed E-state index contributed by atoms with van der Waals surface area (Å²) in [6.45, 7) is 4.08. The summed E-state index contributed by atoms with van der Waals surface area (Å²) in [5.41, 5.74) is 5.46. The van der Waals surface area contributed by atoms with E-state index in [0.29, 0.717) is 24.4 Å². The van der Waals surface area contributed by atoms with Gasteiger partial charge in [0, 0.05) is 24.7 Å². The zero-order chi connectivity index (χ0) is 14.5. The van der Waals surface area contributed by atoms with E-state index >= 15 is 0 Å². The Bertz CT molecular complexity index is 434. The second-order valence-corrected chi connectivity index (χ2v) is 5.24. The summed E-state index contributed by atoms with van der Waals surface area (Å²) in [5, 5.41) is 9.52. The van der Waals surface area contributed by atoms with Crippen LogP contribution in [0.3, 0.4) is 0 Å². The van der Waals surface area contributed by atoms with Gasteiger partial charge in [-0.05, 0) is 18.4 Å². The number of nitrogens with two attached hydrogens (primary N) is 1. The van der Waals surface area contributed by atoms with Crippen LogP contribution >= 0.6 is 0 Å². The van der Waals surface area contributed by atoms with Gasteiger partial charge in [0.1, 0.15) is 0 Å². The van der Waals surface area contributed by atoms with Crippen LogP contribution in [0.4, 0.5) is 0 Å². The van der Waals surface area contributed by atoms with Gasteiger partial charge in [0.25, 0.3) is 0 Å². The van der Waals surface area contributed by atoms with E-state index in [1.807, 2.05) is 13.8 Å². The van der Waals surface area contributed by atoms with Crippen LogP contribution in [0.2, 0.25) is 0 Å². The van der Waals surface area contributed by atoms with E-state index in [1.54, 1.807) is 18.2 Å². The molecule has 0 aliphatic rings. The summed E-state index contributed by atoms with van der Waals surface area (Å²) < 4.78 is 5.05. The van der Waals surface area contributed by atoms with Crippen molar-refractivity contribution in [3.63, 3.8) is 0 Å². The maximum atomic E-state index is 11.6. The molecule has 3 N–H and O–H groups in total. The van der Waals surface area contributed by atoms with Gasteiger partial charge in [-0.2, -0.15) is 0 Å². The van der Waals surface area contributed by atoms with Crippen LogP contribution in [0.1, 0.15) is 26.0 Å². The highest BCUT2D eigenvalue weighted by Crippen LogP contribution is 2.30. The molecule has 1 atom stereocenters. The van der Waals surface area contributed by atoms with Gasteiger partial charge in [-0.3, -0.25) is 4.79 Å². The smallest absolute Gasteiger partial charge is 0.311 e. The highest BCUT2D eigenvalue weighted by atomic mass is 16.5. The number of carbonyl (C=O) groups is 1. The SMILES string of the molecule is COc1cccc(CC(CN)(CC(C)C)C(=O)O)n1. The minimum absolute atomic E-state index is 0.0966. The lowest BCUT2D eigenvalue weighted by molar-refractivity contribution is -0.149. The van der Waals surface area contributed by atoms with Crippen molar-refractivity contribution in [2.45, 2.75) is 26.7 Å². The molecule has 0 fully saturated rings. The van der Waals surface area contributed by atoms with E-state index in [9.17, 15) is 9.90 Å². The van der Waals surface area contributed by atoms with Gasteiger partial charge < -0.3 is 15.6 Å². The number of carboxylic acids is 1. The molecule has 0 aliphatic heterocycles. The number of rotatable bonds is 7. The number of aromatic nitrogens is 1. The first-order valence-corrected chi connectivity index (χ1v) is 6.37. The fraction of sp³-hybridized carbons (Fsp3) is 0.571. The molecule has 0 saturated heterocycles. The van der Waals surface area contributed by atoms with Crippen LogP contribution in [0, 0.1) is 11.3 Å². The number of hydrogen-bond donors (Lipinski definition) is 2. The molecular weight excluding hydrogens is 244 g/mol. The van der Waals surface area contributed by atoms with Crippen molar-refractivity contribution in [2.75, 3.05) is 13.7 Å². The number of methoxy groups -OCH3 is 1. The minimum Gasteiger partial charge on any atom is -0.481 e. The maximum Gasteiger partial charge on any atom is 0.311 e. The number of carboxylic acid groups (broad SMARTS) is 1. The van der Waals surface area contributed by atoms with Crippen molar-refractivity contribution in [1.82, 2.24) is 4.98 Å². The number of ether oxygens (including phenoxy) is 1. The first-order chi connectivity index (χ1) is 8.93. The number of pyridine rings is 1. The summed E-state index contributed by atoms with van der Waals surface area (Å²) in [6, 6.07) is 5.34. The van der Waals surface area contributed by atoms with Gasteiger partial charge in [0.15, 0.2) is 0 Å². The van der Waals surface area contributed by atoms with Gasteiger partial charge in [-0.15, -0.1) is 0 Å². The van der Waals surface area contributed by atoms with Crippen molar-refractivity contribution in [1.29, 1.82) is 0 Å². The first-order valence-electron chi connectivity index (χ1n) is 6.37. The van der Waals surface area contributed by atoms with Gasteiger partial charge in [-0.1, -0.05) is 19.9 Å². The fourth-order valence-electron chi connectivity index (χ4n) is 2.28. The molecule has 5 heteroatoms. The largest absolute Gasteiger partial charge is 0.481 e. The van der Waals surface area contributed by atoms with E-state index in [2.05, 4.69) is 4.98 Å². The zero-order valence-corrected chi connectivity index (χ0v) is 11.7. The van der Waals surface area contributed by atoms with Gasteiger partial charge >= 0.3 is 5.97 Å². The van der Waals surface area contributed by atoms with Crippen LogP contribution in [0.25, 0.3) is 0 Å². The average Bonchev–Trinajstić information content (AvgIpc) is 2.37. The fourth-order valence-corrected chi connectivity index (χ4v) is 2.28. The Balaban J connectivity index is 3.02. The lowest BCUT2D eigenvalue weighted by Crippen LogP contribution is -2.42. The van der Waals surface area contributed by atoms with Crippen molar-refractivity contribution < 1.29 is 14.6 Å². The molecule has 1 aromatic rings. The molecule has 5 nitrogen and oxygen atoms in total. The predicted octanol–water partition coefficient (Wildman–Crippen LogP) is 1.71. The molecule has 0 aromatic carbocycles. The highest BCUT2D eigenvalue weighted by Gasteiger charge is 2.38. The number of hydrogen-bond acceptors (Lipinski definition) is 4. The molecule has 1 heterocycles. The van der Waals surface area contributed by atoms with Crippen molar-refractivity contribution in [3.05, 3.63) is 23.9 Å². The van der Waals surface area contributed by atoms with Crippen LogP contribution in [0.15, 0.2) is 18.2 Å². The molecule has 0 bridgehead atoms. The Morgan fingerprint density at radius 1 is 1.53 bits per heavy atom.